The number of aryl methyl sites for hydroxylation is 1. The quantitative estimate of drug-likeness (QED) is 0.0390. The fourth-order valence-electron chi connectivity index (χ4n) is 4.28. The summed E-state index contributed by atoms with van der Waals surface area (Å²) in [4.78, 5) is 8.80. The van der Waals surface area contributed by atoms with E-state index in [2.05, 4.69) is 42.4 Å². The fraction of sp³-hybridized carbons (Fsp3) is 0.192. The zero-order chi connectivity index (χ0) is 37.9. The Balaban J connectivity index is 1.64. The summed E-state index contributed by atoms with van der Waals surface area (Å²) in [5.41, 5.74) is -1.54. The van der Waals surface area contributed by atoms with Crippen molar-refractivity contribution in [2.45, 2.75) is 21.6 Å². The van der Waals surface area contributed by atoms with E-state index in [0.29, 0.717) is 6.07 Å². The summed E-state index contributed by atoms with van der Waals surface area (Å²) in [5.74, 6) is -1.58. The van der Waals surface area contributed by atoms with Gasteiger partial charge in [-0.3, -0.25) is 4.55 Å². The molecular weight excluding hydrogens is 766 g/mol. The van der Waals surface area contributed by atoms with Gasteiger partial charge in [0, 0.05) is 23.0 Å². The third kappa shape index (κ3) is 10.2. The lowest BCUT2D eigenvalue weighted by molar-refractivity contribution is 0.159. The van der Waals surface area contributed by atoms with Crippen LogP contribution in [0.5, 0.6) is 5.75 Å². The van der Waals surface area contributed by atoms with Crippen LogP contribution in [0.15, 0.2) is 73.3 Å². The van der Waals surface area contributed by atoms with Crippen LogP contribution in [0.4, 0.5) is 33.3 Å². The van der Waals surface area contributed by atoms with Gasteiger partial charge in [-0.1, -0.05) is 6.58 Å². The molecule has 0 amide bonds. The smallest absolute Gasteiger partial charge is 0.315 e. The number of aromatic nitrogens is 3. The van der Waals surface area contributed by atoms with Crippen molar-refractivity contribution in [2.75, 3.05) is 36.1 Å². The third-order valence-corrected chi connectivity index (χ3v) is 10.7. The molecule has 278 valence electrons. The number of phenols is 1. The van der Waals surface area contributed by atoms with Crippen LogP contribution in [0.2, 0.25) is 0 Å². The summed E-state index contributed by atoms with van der Waals surface area (Å²) in [7, 11) is -17.6. The van der Waals surface area contributed by atoms with E-state index in [1.807, 2.05) is 0 Å². The molecule has 4 rings (SSSR count). The van der Waals surface area contributed by atoms with Gasteiger partial charge in [0.25, 0.3) is 10.1 Å². The molecule has 25 heteroatoms. The Bertz CT molecular complexity index is 2230. The normalized spacial score (nSPS) is 13.4. The predicted octanol–water partition coefficient (Wildman–Crippen LogP) is 5.74. The molecule has 3 aromatic carbocycles. The number of nitrogens with zero attached hydrogens (tertiary/aromatic N) is 5. The van der Waals surface area contributed by atoms with Crippen molar-refractivity contribution < 1.29 is 62.9 Å². The van der Waals surface area contributed by atoms with Crippen molar-refractivity contribution >= 4 is 81.4 Å². The van der Waals surface area contributed by atoms with Gasteiger partial charge in [-0.25, -0.2) is 8.42 Å². The van der Waals surface area contributed by atoms with Crippen molar-refractivity contribution in [3.63, 3.8) is 0 Å². The summed E-state index contributed by atoms with van der Waals surface area (Å²) < 4.78 is 136. The molecular formula is C26H30FN7O13S4. The van der Waals surface area contributed by atoms with Gasteiger partial charge in [0.05, 0.1) is 28.8 Å². The molecule has 51 heavy (non-hydrogen) atoms. The summed E-state index contributed by atoms with van der Waals surface area (Å²) >= 11 is 0. The van der Waals surface area contributed by atoms with E-state index in [4.69, 9.17) is 4.74 Å². The first kappa shape index (κ1) is 39.7. The van der Waals surface area contributed by atoms with E-state index in [-0.39, 0.29) is 59.4 Å². The maximum Gasteiger partial charge on any atom is 0.315 e. The van der Waals surface area contributed by atoms with Crippen molar-refractivity contribution in [3.05, 3.63) is 60.0 Å². The number of nitrogens with one attached hydrogen (secondary N) is 2. The Morgan fingerprint density at radius 1 is 0.863 bits per heavy atom. The fourth-order valence-corrected chi connectivity index (χ4v) is 6.93. The van der Waals surface area contributed by atoms with E-state index in [1.54, 1.807) is 0 Å². The summed E-state index contributed by atoms with van der Waals surface area (Å²) in [6.07, 6.45) is -1.18. The number of fused-ring (bicyclic) bond motifs is 1. The SMILES string of the molecule is C=CS(=O)(=O)CCOCCNc1nc(F)nc(Nc2ccc3c(O)c(N=Nc4cc(S(O)(O)O)c(C)cc4S(=O)(=O)O)c(S(O)(O)O)cc3c2)n1. The maximum absolute atomic E-state index is 14.2. The first-order valence-electron chi connectivity index (χ1n) is 13.8. The van der Waals surface area contributed by atoms with Crippen LogP contribution in [-0.4, -0.2) is 94.3 Å². The van der Waals surface area contributed by atoms with Crippen LogP contribution in [0.3, 0.4) is 0 Å². The zero-order valence-corrected chi connectivity index (χ0v) is 29.2. The van der Waals surface area contributed by atoms with E-state index < -0.39 is 79.6 Å². The largest absolute Gasteiger partial charge is 0.505 e. The van der Waals surface area contributed by atoms with Crippen molar-refractivity contribution in [2.24, 2.45) is 10.2 Å². The Kier molecular flexibility index (Phi) is 11.8. The first-order valence-corrected chi connectivity index (χ1v) is 20.0. The highest BCUT2D eigenvalue weighted by Gasteiger charge is 2.28. The number of rotatable bonds is 15. The second-order valence-corrected chi connectivity index (χ2v) is 16.7. The number of hydrogen-bond acceptors (Lipinski definition) is 19. The van der Waals surface area contributed by atoms with Crippen molar-refractivity contribution in [1.82, 2.24) is 15.0 Å². The average molecular weight is 796 g/mol. The van der Waals surface area contributed by atoms with E-state index in [0.717, 1.165) is 17.5 Å². The van der Waals surface area contributed by atoms with E-state index in [9.17, 15) is 58.2 Å². The van der Waals surface area contributed by atoms with Crippen molar-refractivity contribution in [3.8, 4) is 5.75 Å². The summed E-state index contributed by atoms with van der Waals surface area (Å²) in [5, 5.41) is 24.5. The molecule has 0 aliphatic heterocycles. The number of halogens is 1. The van der Waals surface area contributed by atoms with Gasteiger partial charge in [-0.2, -0.15) is 27.8 Å². The van der Waals surface area contributed by atoms with Gasteiger partial charge in [0.2, 0.25) is 11.9 Å². The lowest BCUT2D eigenvalue weighted by atomic mass is 10.1. The number of azo groups is 1. The van der Waals surface area contributed by atoms with Crippen LogP contribution in [0, 0.1) is 13.0 Å². The monoisotopic (exact) mass is 795 g/mol. The minimum Gasteiger partial charge on any atom is -0.505 e. The van der Waals surface area contributed by atoms with Gasteiger partial charge < -0.3 is 47.8 Å². The van der Waals surface area contributed by atoms with Gasteiger partial charge >= 0.3 is 6.08 Å². The Hall–Kier alpha value is -4.12. The molecule has 0 fully saturated rings. The highest BCUT2D eigenvalue weighted by atomic mass is 32.3. The molecule has 0 bridgehead atoms. The number of hydrogen-bond donors (Lipinski definition) is 10. The summed E-state index contributed by atoms with van der Waals surface area (Å²) in [6.45, 7) is 4.38. The highest BCUT2D eigenvalue weighted by Crippen LogP contribution is 2.55. The molecule has 0 unspecified atom stereocenters. The Morgan fingerprint density at radius 2 is 1.53 bits per heavy atom. The first-order chi connectivity index (χ1) is 23.6. The van der Waals surface area contributed by atoms with E-state index in [1.165, 1.54) is 25.1 Å². The predicted molar refractivity (Wildman–Crippen MR) is 185 cm³/mol. The molecule has 1 heterocycles. The molecule has 1 aromatic heterocycles. The molecule has 0 aliphatic rings. The number of sulfone groups is 1. The molecule has 10 N–H and O–H groups in total. The van der Waals surface area contributed by atoms with Gasteiger partial charge in [0.15, 0.2) is 15.6 Å². The number of aromatic hydroxyl groups is 1. The van der Waals surface area contributed by atoms with Crippen LogP contribution in [0.25, 0.3) is 10.8 Å². The molecule has 0 spiro atoms. The number of ether oxygens (including phenoxy) is 1. The second kappa shape index (κ2) is 15.2. The summed E-state index contributed by atoms with van der Waals surface area (Å²) in [6, 6.07) is 6.37. The molecule has 0 atom stereocenters. The minimum atomic E-state index is -5.03. The minimum absolute atomic E-state index is 0.0220. The third-order valence-electron chi connectivity index (χ3n) is 6.59. The maximum atomic E-state index is 14.2. The second-order valence-electron chi connectivity index (χ2n) is 10.3. The standard InChI is InChI=1S/C26H30FN7O13S4/c1-3-48(36,37)9-8-47-7-6-28-25-30-24(27)31-26(32-25)29-16-4-5-17-15(11-16)12-21(51(44,45)46)22(23(17)35)34-33-18-13-19(49(38,39)40)14(2)10-20(18)50(41,42)43/h3-5,10-13,35,38-40,44-46H,1,6-9H2,2H3,(H,41,42,43)(H2,28,29,30,31,32). The number of benzene rings is 3. The molecule has 20 nitrogen and oxygen atoms in total. The molecule has 4 aromatic rings. The highest BCUT2D eigenvalue weighted by molar-refractivity contribution is 8.19. The Morgan fingerprint density at radius 3 is 2.16 bits per heavy atom. The van der Waals surface area contributed by atoms with Gasteiger partial charge in [0.1, 0.15) is 38.0 Å². The average Bonchev–Trinajstić information content (AvgIpc) is 3.00. The van der Waals surface area contributed by atoms with Crippen LogP contribution >= 0.6 is 21.7 Å². The van der Waals surface area contributed by atoms with E-state index >= 15 is 0 Å². The number of phenolic OH excluding ortho intramolecular Hbond substituents is 1. The molecule has 0 aliphatic carbocycles. The topological polar surface area (TPSA) is 327 Å². The van der Waals surface area contributed by atoms with Crippen LogP contribution < -0.4 is 10.6 Å². The lowest BCUT2D eigenvalue weighted by Crippen LogP contribution is -2.16. The van der Waals surface area contributed by atoms with Crippen molar-refractivity contribution in [1.29, 1.82) is 0 Å². The zero-order valence-electron chi connectivity index (χ0n) is 25.9. The molecule has 0 radical (unpaired) electrons. The van der Waals surface area contributed by atoms with Gasteiger partial charge in [-0.15, -0.1) is 10.2 Å². The van der Waals surface area contributed by atoms with Gasteiger partial charge in [-0.05, 0) is 54.3 Å². The Labute approximate surface area is 292 Å². The van der Waals surface area contributed by atoms with Crippen LogP contribution in [0.1, 0.15) is 5.56 Å². The van der Waals surface area contributed by atoms with Crippen LogP contribution in [-0.2, 0) is 24.7 Å². The molecule has 0 saturated heterocycles. The number of anilines is 3. The molecule has 0 saturated carbocycles. The lowest BCUT2D eigenvalue weighted by Gasteiger charge is -2.23.